The topological polar surface area (TPSA) is 119 Å². The molecule has 1 aromatic carbocycles. The van der Waals surface area contributed by atoms with E-state index < -0.39 is 65.2 Å². The molecule has 34 heavy (non-hydrogen) atoms. The molecule has 0 bridgehead atoms. The fourth-order valence-corrected chi connectivity index (χ4v) is 3.99. The zero-order valence-corrected chi connectivity index (χ0v) is 21.1. The van der Waals surface area contributed by atoms with E-state index in [1.807, 2.05) is 0 Å². The van der Waals surface area contributed by atoms with E-state index in [2.05, 4.69) is 0 Å². The molecular formula is C25H35NO8. The van der Waals surface area contributed by atoms with E-state index in [1.54, 1.807) is 78.8 Å². The van der Waals surface area contributed by atoms with Crippen LogP contribution < -0.4 is 0 Å². The summed E-state index contributed by atoms with van der Waals surface area (Å²) in [4.78, 5) is 54.8. The lowest BCUT2D eigenvalue weighted by Crippen LogP contribution is -2.70. The van der Waals surface area contributed by atoms with Gasteiger partial charge in [0, 0.05) is 0 Å². The normalized spacial score (nSPS) is 20.9. The molecule has 0 radical (unpaired) electrons. The highest BCUT2D eigenvalue weighted by atomic mass is 16.6. The minimum absolute atomic E-state index is 0.293. The number of carbonyl (C=O) groups is 4. The third kappa shape index (κ3) is 5.24. The molecule has 1 N–H and O–H groups in total. The zero-order chi connectivity index (χ0) is 26.1. The third-order valence-corrected chi connectivity index (χ3v) is 5.18. The van der Waals surface area contributed by atoms with Crippen LogP contribution in [0.4, 0.5) is 0 Å². The summed E-state index contributed by atoms with van der Waals surface area (Å²) in [6.45, 7) is 12.4. The fraction of sp³-hybridized carbons (Fsp3) is 0.600. The maximum Gasteiger partial charge on any atom is 0.347 e. The summed E-state index contributed by atoms with van der Waals surface area (Å²) in [6, 6.07) is 6.62. The molecule has 1 fully saturated rings. The number of rotatable bonds is 7. The minimum atomic E-state index is -2.64. The SMILES string of the molecule is CC(C)OC(=O)C1(C(=O)OC(C)C)N(C(C(=O)OC(C)(C)C)c2ccccc2)C(=O)CC1(C)O. The largest absolute Gasteiger partial charge is 0.461 e. The molecular weight excluding hydrogens is 442 g/mol. The van der Waals surface area contributed by atoms with Crippen molar-refractivity contribution in [2.24, 2.45) is 0 Å². The molecule has 0 aliphatic carbocycles. The molecule has 1 aromatic rings. The number of nitrogens with zero attached hydrogens (tertiary/aromatic N) is 1. The number of esters is 3. The number of benzene rings is 1. The summed E-state index contributed by atoms with van der Waals surface area (Å²) in [5, 5.41) is 11.4. The van der Waals surface area contributed by atoms with Crippen molar-refractivity contribution in [1.82, 2.24) is 4.90 Å². The predicted molar refractivity (Wildman–Crippen MR) is 122 cm³/mol. The highest BCUT2D eigenvalue weighted by molar-refractivity contribution is 6.13. The van der Waals surface area contributed by atoms with Crippen molar-refractivity contribution in [3.05, 3.63) is 35.9 Å². The molecule has 1 aliphatic rings. The van der Waals surface area contributed by atoms with E-state index in [9.17, 15) is 24.3 Å². The van der Waals surface area contributed by atoms with Crippen LogP contribution in [0.2, 0.25) is 0 Å². The predicted octanol–water partition coefficient (Wildman–Crippen LogP) is 2.69. The lowest BCUT2D eigenvalue weighted by Gasteiger charge is -2.43. The van der Waals surface area contributed by atoms with Gasteiger partial charge in [0.05, 0.1) is 18.6 Å². The van der Waals surface area contributed by atoms with Gasteiger partial charge in [0.2, 0.25) is 5.91 Å². The van der Waals surface area contributed by atoms with E-state index in [4.69, 9.17) is 14.2 Å². The van der Waals surface area contributed by atoms with Crippen LogP contribution in [-0.2, 0) is 33.4 Å². The van der Waals surface area contributed by atoms with E-state index >= 15 is 0 Å². The number of amides is 1. The second kappa shape index (κ2) is 9.74. The van der Waals surface area contributed by atoms with Gasteiger partial charge in [-0.05, 0) is 61.0 Å². The smallest absolute Gasteiger partial charge is 0.347 e. The van der Waals surface area contributed by atoms with Gasteiger partial charge in [-0.2, -0.15) is 0 Å². The Labute approximate surface area is 200 Å². The highest BCUT2D eigenvalue weighted by Gasteiger charge is 2.74. The molecule has 2 atom stereocenters. The number of likely N-dealkylation sites (tertiary alicyclic amines) is 1. The molecule has 1 amide bonds. The van der Waals surface area contributed by atoms with Gasteiger partial charge < -0.3 is 19.3 Å². The van der Waals surface area contributed by atoms with Crippen LogP contribution in [-0.4, -0.2) is 62.8 Å². The first-order valence-electron chi connectivity index (χ1n) is 11.3. The molecule has 1 heterocycles. The van der Waals surface area contributed by atoms with Gasteiger partial charge in [-0.1, -0.05) is 30.3 Å². The molecule has 188 valence electrons. The van der Waals surface area contributed by atoms with E-state index in [0.717, 1.165) is 4.90 Å². The first-order chi connectivity index (χ1) is 15.5. The first kappa shape index (κ1) is 27.3. The van der Waals surface area contributed by atoms with Crippen LogP contribution in [0.3, 0.4) is 0 Å². The summed E-state index contributed by atoms with van der Waals surface area (Å²) in [6.07, 6.45) is -1.97. The molecule has 2 rings (SSSR count). The van der Waals surface area contributed by atoms with Crippen molar-refractivity contribution in [3.63, 3.8) is 0 Å². The number of ether oxygens (including phenoxy) is 3. The Kier molecular flexibility index (Phi) is 7.82. The maximum absolute atomic E-state index is 13.6. The van der Waals surface area contributed by atoms with Crippen LogP contribution >= 0.6 is 0 Å². The Hall–Kier alpha value is -2.94. The Balaban J connectivity index is 2.86. The second-order valence-corrected chi connectivity index (χ2v) is 10.2. The van der Waals surface area contributed by atoms with Crippen LogP contribution in [0.25, 0.3) is 0 Å². The van der Waals surface area contributed by atoms with Crippen LogP contribution in [0.1, 0.15) is 73.4 Å². The third-order valence-electron chi connectivity index (χ3n) is 5.18. The first-order valence-corrected chi connectivity index (χ1v) is 11.3. The molecule has 2 unspecified atom stereocenters. The van der Waals surface area contributed by atoms with Gasteiger partial charge in [0.1, 0.15) is 11.2 Å². The number of aliphatic hydroxyl groups is 1. The molecule has 1 aliphatic heterocycles. The molecule has 1 saturated heterocycles. The Morgan fingerprint density at radius 2 is 1.44 bits per heavy atom. The summed E-state index contributed by atoms with van der Waals surface area (Å²) < 4.78 is 16.3. The van der Waals surface area contributed by atoms with Gasteiger partial charge in [-0.15, -0.1) is 0 Å². The molecule has 0 aromatic heterocycles. The molecule has 9 nitrogen and oxygen atoms in total. The van der Waals surface area contributed by atoms with Gasteiger partial charge >= 0.3 is 17.9 Å². The Morgan fingerprint density at radius 3 is 1.85 bits per heavy atom. The molecule has 9 heteroatoms. The monoisotopic (exact) mass is 477 g/mol. The highest BCUT2D eigenvalue weighted by Crippen LogP contribution is 2.47. The summed E-state index contributed by atoms with van der Waals surface area (Å²) in [5.74, 6) is -4.04. The average molecular weight is 478 g/mol. The summed E-state index contributed by atoms with van der Waals surface area (Å²) >= 11 is 0. The summed E-state index contributed by atoms with van der Waals surface area (Å²) in [7, 11) is 0. The fourth-order valence-electron chi connectivity index (χ4n) is 3.99. The lowest BCUT2D eigenvalue weighted by molar-refractivity contribution is -0.198. The number of hydrogen-bond acceptors (Lipinski definition) is 8. The number of carbonyl (C=O) groups excluding carboxylic acids is 4. The average Bonchev–Trinajstić information content (AvgIpc) is 2.86. The van der Waals surface area contributed by atoms with E-state index in [0.29, 0.717) is 5.56 Å². The van der Waals surface area contributed by atoms with Crippen molar-refractivity contribution in [2.75, 3.05) is 0 Å². The second-order valence-electron chi connectivity index (χ2n) is 10.2. The van der Waals surface area contributed by atoms with Gasteiger partial charge in [0.25, 0.3) is 5.54 Å². The van der Waals surface area contributed by atoms with Crippen molar-refractivity contribution < 1.29 is 38.5 Å². The number of hydrogen-bond donors (Lipinski definition) is 1. The van der Waals surface area contributed by atoms with Crippen molar-refractivity contribution in [1.29, 1.82) is 0 Å². The maximum atomic E-state index is 13.6. The quantitative estimate of drug-likeness (QED) is 0.362. The summed E-state index contributed by atoms with van der Waals surface area (Å²) in [5.41, 5.74) is -5.52. The van der Waals surface area contributed by atoms with Crippen molar-refractivity contribution >= 4 is 23.8 Å². The molecule has 0 saturated carbocycles. The van der Waals surface area contributed by atoms with Crippen LogP contribution in [0, 0.1) is 0 Å². The van der Waals surface area contributed by atoms with Crippen LogP contribution in [0.15, 0.2) is 30.3 Å². The van der Waals surface area contributed by atoms with Crippen molar-refractivity contribution in [2.45, 2.75) is 96.8 Å². The Morgan fingerprint density at radius 1 is 0.971 bits per heavy atom. The van der Waals surface area contributed by atoms with E-state index in [1.165, 1.54) is 6.92 Å². The minimum Gasteiger partial charge on any atom is -0.461 e. The van der Waals surface area contributed by atoms with Gasteiger partial charge in [-0.3, -0.25) is 9.69 Å². The lowest BCUT2D eigenvalue weighted by atomic mass is 9.80. The van der Waals surface area contributed by atoms with Gasteiger partial charge in [0.15, 0.2) is 6.04 Å². The van der Waals surface area contributed by atoms with E-state index in [-0.39, 0.29) is 0 Å². The molecule has 0 spiro atoms. The standard InChI is InChI=1S/C25H35NO8/c1-15(2)32-21(29)25(22(30)33-16(3)4)24(8,31)14-18(27)26(25)19(17-12-10-9-11-13-17)20(28)34-23(5,6)7/h9-13,15-16,19,31H,14H2,1-8H3. The Bertz CT molecular complexity index is 908. The zero-order valence-electron chi connectivity index (χ0n) is 21.1. The van der Waals surface area contributed by atoms with Crippen LogP contribution in [0.5, 0.6) is 0 Å². The van der Waals surface area contributed by atoms with Crippen molar-refractivity contribution in [3.8, 4) is 0 Å². The van der Waals surface area contributed by atoms with Gasteiger partial charge in [-0.25, -0.2) is 14.4 Å².